The summed E-state index contributed by atoms with van der Waals surface area (Å²) in [5.74, 6) is -7.52. The van der Waals surface area contributed by atoms with Gasteiger partial charge in [0.1, 0.15) is 5.75 Å². The second-order valence-electron chi connectivity index (χ2n) is 11.6. The molecule has 224 valence electrons. The Balaban J connectivity index is 1.41. The highest BCUT2D eigenvalue weighted by atomic mass is 79.9. The van der Waals surface area contributed by atoms with Crippen LogP contribution in [0.5, 0.6) is 5.75 Å². The number of aromatic hydroxyl groups is 1. The second kappa shape index (κ2) is 9.89. The van der Waals surface area contributed by atoms with Crippen molar-refractivity contribution in [3.8, 4) is 5.75 Å². The highest BCUT2D eigenvalue weighted by Crippen LogP contribution is 2.66. The van der Waals surface area contributed by atoms with Crippen molar-refractivity contribution in [2.45, 2.75) is 28.5 Å². The van der Waals surface area contributed by atoms with Crippen molar-refractivity contribution in [1.29, 1.82) is 0 Å². The molecule has 2 heterocycles. The standard InChI is InChI=1S/C32H23BrCl2N2O7/c33-14-36-29(43)31(34)13-22-19(24(32(31,35)30(36)44)21-9-8-15-4-1-2-7-18(15)25(21)38)10-11-20-23(22)27(40)37(26(20)39)17-6-3-5-16(12-17)28(41)42/h1-10,12,20,22-24,38H,11,13-14H2,(H,41,42)/t20-,22+,23-,24+,31+,32-/m0/s1. The number of hydrogen-bond donors (Lipinski definition) is 2. The van der Waals surface area contributed by atoms with Crippen molar-refractivity contribution in [2.24, 2.45) is 17.8 Å². The molecule has 1 saturated carbocycles. The van der Waals surface area contributed by atoms with Crippen molar-refractivity contribution >= 4 is 85.2 Å². The van der Waals surface area contributed by atoms with Gasteiger partial charge >= 0.3 is 5.97 Å². The number of likely N-dealkylation sites (tertiary alicyclic amines) is 1. The van der Waals surface area contributed by atoms with Gasteiger partial charge in [-0.2, -0.15) is 0 Å². The molecule has 3 aromatic rings. The topological polar surface area (TPSA) is 132 Å². The molecule has 2 N–H and O–H groups in total. The quantitative estimate of drug-likeness (QED) is 0.167. The number of phenolic OH excluding ortho intramolecular Hbond substituents is 1. The molecule has 6 atom stereocenters. The second-order valence-corrected chi connectivity index (χ2v) is 13.3. The summed E-state index contributed by atoms with van der Waals surface area (Å²) in [6, 6.07) is 16.1. The van der Waals surface area contributed by atoms with E-state index in [1.807, 2.05) is 12.1 Å². The molecule has 0 aromatic heterocycles. The minimum atomic E-state index is -2.05. The van der Waals surface area contributed by atoms with Gasteiger partial charge in [-0.05, 0) is 42.3 Å². The average Bonchev–Trinajstić information content (AvgIpc) is 3.35. The van der Waals surface area contributed by atoms with Gasteiger partial charge in [-0.25, -0.2) is 4.79 Å². The fourth-order valence-corrected chi connectivity index (χ4v) is 9.05. The van der Waals surface area contributed by atoms with Gasteiger partial charge < -0.3 is 10.2 Å². The molecule has 4 amide bonds. The maximum Gasteiger partial charge on any atom is 0.335 e. The van der Waals surface area contributed by atoms with E-state index in [1.165, 1.54) is 24.3 Å². The summed E-state index contributed by atoms with van der Waals surface area (Å²) < 4.78 is 0. The molecule has 2 saturated heterocycles. The lowest BCUT2D eigenvalue weighted by Gasteiger charge is -2.50. The van der Waals surface area contributed by atoms with Crippen molar-refractivity contribution in [3.63, 3.8) is 0 Å². The number of nitrogens with zero attached hydrogens (tertiary/aromatic N) is 2. The van der Waals surface area contributed by atoms with Crippen LogP contribution < -0.4 is 4.90 Å². The zero-order valence-corrected chi connectivity index (χ0v) is 25.8. The number of benzene rings is 3. The van der Waals surface area contributed by atoms with Crippen molar-refractivity contribution in [2.75, 3.05) is 10.4 Å². The van der Waals surface area contributed by atoms with Crippen LogP contribution in [0.4, 0.5) is 5.69 Å². The van der Waals surface area contributed by atoms with Crippen LogP contribution in [0, 0.1) is 17.8 Å². The summed E-state index contributed by atoms with van der Waals surface area (Å²) in [6.45, 7) is 0. The van der Waals surface area contributed by atoms with Crippen LogP contribution in [0.25, 0.3) is 10.8 Å². The Morgan fingerprint density at radius 3 is 2.43 bits per heavy atom. The number of halogens is 3. The molecule has 0 radical (unpaired) electrons. The first-order chi connectivity index (χ1) is 21.0. The predicted octanol–water partition coefficient (Wildman–Crippen LogP) is 5.16. The van der Waals surface area contributed by atoms with Gasteiger partial charge in [-0.15, -0.1) is 23.2 Å². The lowest BCUT2D eigenvalue weighted by molar-refractivity contribution is -0.138. The maximum absolute atomic E-state index is 14.1. The van der Waals surface area contributed by atoms with Crippen molar-refractivity contribution in [3.05, 3.63) is 83.4 Å². The summed E-state index contributed by atoms with van der Waals surface area (Å²) in [4.78, 5) is 65.2. The van der Waals surface area contributed by atoms with Gasteiger partial charge in [0.25, 0.3) is 11.8 Å². The van der Waals surface area contributed by atoms with Gasteiger partial charge in [0.05, 0.1) is 28.5 Å². The van der Waals surface area contributed by atoms with Crippen LogP contribution in [0.2, 0.25) is 0 Å². The number of carbonyl (C=O) groups is 5. The minimum absolute atomic E-state index is 0.0853. The van der Waals surface area contributed by atoms with E-state index in [4.69, 9.17) is 23.2 Å². The summed E-state index contributed by atoms with van der Waals surface area (Å²) >= 11 is 17.7. The molecular formula is C32H23BrCl2N2O7. The summed E-state index contributed by atoms with van der Waals surface area (Å²) in [5, 5.41) is 22.3. The third kappa shape index (κ3) is 3.61. The fourth-order valence-electron chi connectivity index (χ4n) is 7.64. The Labute approximate surface area is 269 Å². The van der Waals surface area contributed by atoms with Crippen LogP contribution in [0.3, 0.4) is 0 Å². The van der Waals surface area contributed by atoms with Crippen molar-refractivity contribution in [1.82, 2.24) is 4.90 Å². The number of carboxylic acids is 1. The van der Waals surface area contributed by atoms with Gasteiger partial charge in [0.2, 0.25) is 11.8 Å². The SMILES string of the molecule is O=C(O)c1cccc(N2C(=O)[C@H]3[C@H](CC=C4[C@H]3C[C@@]3(Cl)C(=O)N(CBr)C(=O)[C@@]3(Cl)[C@H]4c3ccc4ccccc4c3O)C2=O)c1. The summed E-state index contributed by atoms with van der Waals surface area (Å²) in [7, 11) is 0. The van der Waals surface area contributed by atoms with Crippen molar-refractivity contribution < 1.29 is 34.2 Å². The van der Waals surface area contributed by atoms with E-state index in [0.717, 1.165) is 15.2 Å². The third-order valence-corrected chi connectivity index (χ3v) is 11.5. The number of carbonyl (C=O) groups excluding carboxylic acids is 4. The first-order valence-electron chi connectivity index (χ1n) is 13.9. The van der Waals surface area contributed by atoms with Crippen LogP contribution in [0.1, 0.15) is 34.7 Å². The van der Waals surface area contributed by atoms with E-state index in [-0.39, 0.29) is 40.9 Å². The first-order valence-corrected chi connectivity index (χ1v) is 15.7. The summed E-state index contributed by atoms with van der Waals surface area (Å²) in [5.41, 5.74) is 0.699. The Morgan fingerprint density at radius 2 is 1.70 bits per heavy atom. The van der Waals surface area contributed by atoms with Crippen LogP contribution in [-0.2, 0) is 19.2 Å². The summed E-state index contributed by atoms with van der Waals surface area (Å²) in [6.07, 6.45) is 1.71. The molecule has 12 heteroatoms. The highest BCUT2D eigenvalue weighted by molar-refractivity contribution is 9.09. The average molecular weight is 698 g/mol. The number of amides is 4. The van der Waals surface area contributed by atoms with Crippen LogP contribution in [0.15, 0.2) is 72.3 Å². The maximum atomic E-state index is 14.1. The van der Waals surface area contributed by atoms with E-state index in [2.05, 4.69) is 15.9 Å². The van der Waals surface area contributed by atoms with Gasteiger partial charge in [0.15, 0.2) is 9.75 Å². The number of anilines is 1. The van der Waals surface area contributed by atoms with Gasteiger partial charge in [-0.1, -0.05) is 70.0 Å². The number of fused-ring (bicyclic) bond motifs is 5. The van der Waals surface area contributed by atoms with E-state index in [0.29, 0.717) is 11.0 Å². The Bertz CT molecular complexity index is 1880. The lowest BCUT2D eigenvalue weighted by atomic mass is 9.56. The molecule has 2 aliphatic heterocycles. The predicted molar refractivity (Wildman–Crippen MR) is 165 cm³/mol. The molecular weight excluding hydrogens is 675 g/mol. The zero-order chi connectivity index (χ0) is 31.3. The molecule has 3 fully saturated rings. The number of aromatic carboxylic acids is 1. The van der Waals surface area contributed by atoms with E-state index < -0.39 is 63.0 Å². The molecule has 4 aliphatic rings. The lowest BCUT2D eigenvalue weighted by Crippen LogP contribution is -2.60. The molecule has 2 aliphatic carbocycles. The smallest absolute Gasteiger partial charge is 0.335 e. The van der Waals surface area contributed by atoms with E-state index in [9.17, 15) is 34.2 Å². The number of allylic oxidation sites excluding steroid dienone is 2. The molecule has 9 nitrogen and oxygen atoms in total. The Hall–Kier alpha value is -3.73. The Kier molecular flexibility index (Phi) is 6.52. The number of hydrogen-bond acceptors (Lipinski definition) is 6. The van der Waals surface area contributed by atoms with E-state index in [1.54, 1.807) is 30.3 Å². The number of carboxylic acid groups (broad SMARTS) is 1. The van der Waals surface area contributed by atoms with Crippen LogP contribution >= 0.6 is 39.1 Å². The van der Waals surface area contributed by atoms with Gasteiger partial charge in [0, 0.05) is 16.9 Å². The zero-order valence-electron chi connectivity index (χ0n) is 22.7. The number of rotatable bonds is 4. The highest BCUT2D eigenvalue weighted by Gasteiger charge is 2.76. The fraction of sp³-hybridized carbons (Fsp3) is 0.281. The first kappa shape index (κ1) is 29.0. The van der Waals surface area contributed by atoms with E-state index >= 15 is 0 Å². The third-order valence-electron chi connectivity index (χ3n) is 9.61. The molecule has 0 spiro atoms. The molecule has 44 heavy (non-hydrogen) atoms. The molecule has 0 bridgehead atoms. The minimum Gasteiger partial charge on any atom is -0.507 e. The number of alkyl halides is 3. The largest absolute Gasteiger partial charge is 0.507 e. The molecule has 0 unspecified atom stereocenters. The Morgan fingerprint density at radius 1 is 0.955 bits per heavy atom. The normalized spacial score (nSPS) is 31.2. The van der Waals surface area contributed by atoms with Gasteiger partial charge in [-0.3, -0.25) is 29.0 Å². The monoisotopic (exact) mass is 696 g/mol. The number of phenols is 1. The molecule has 3 aromatic carbocycles. The number of imide groups is 2. The van der Waals surface area contributed by atoms with Crippen LogP contribution in [-0.4, -0.2) is 59.9 Å². The molecule has 7 rings (SSSR count).